The van der Waals surface area contributed by atoms with E-state index in [9.17, 15) is 14.0 Å². The number of fused-ring (bicyclic) bond motifs is 1. The monoisotopic (exact) mass is 347 g/mol. The van der Waals surface area contributed by atoms with Crippen molar-refractivity contribution in [2.24, 2.45) is 0 Å². The molecule has 0 atom stereocenters. The van der Waals surface area contributed by atoms with Gasteiger partial charge in [0.25, 0.3) is 5.91 Å². The Balaban J connectivity index is 1.64. The minimum Gasteiger partial charge on any atom is -0.450 e. The van der Waals surface area contributed by atoms with Gasteiger partial charge in [0.1, 0.15) is 11.4 Å². The lowest BCUT2D eigenvalue weighted by molar-refractivity contribution is -0.134. The SMILES string of the molecule is Cc1c(C(=O)OCC(=O)N2CCCCCCC2)oc2ccc(F)cc12. The molecular formula is C19H22FNO4. The topological polar surface area (TPSA) is 59.8 Å². The molecule has 1 fully saturated rings. The Kier molecular flexibility index (Phi) is 5.36. The van der Waals surface area contributed by atoms with E-state index in [4.69, 9.17) is 9.15 Å². The van der Waals surface area contributed by atoms with Crippen LogP contribution in [0.3, 0.4) is 0 Å². The van der Waals surface area contributed by atoms with Crippen molar-refractivity contribution in [3.63, 3.8) is 0 Å². The third kappa shape index (κ3) is 4.00. The number of aryl methyl sites for hydroxylation is 1. The Bertz CT molecular complexity index is 775. The molecule has 0 saturated carbocycles. The average molecular weight is 347 g/mol. The molecule has 0 radical (unpaired) electrons. The number of nitrogens with zero attached hydrogens (tertiary/aromatic N) is 1. The summed E-state index contributed by atoms with van der Waals surface area (Å²) >= 11 is 0. The minimum atomic E-state index is -0.700. The Labute approximate surface area is 145 Å². The van der Waals surface area contributed by atoms with Crippen molar-refractivity contribution < 1.29 is 23.1 Å². The van der Waals surface area contributed by atoms with E-state index >= 15 is 0 Å². The highest BCUT2D eigenvalue weighted by Gasteiger charge is 2.22. The van der Waals surface area contributed by atoms with Crippen molar-refractivity contribution in [3.8, 4) is 0 Å². The number of esters is 1. The number of carbonyl (C=O) groups excluding carboxylic acids is 2. The second-order valence-corrected chi connectivity index (χ2v) is 6.42. The highest BCUT2D eigenvalue weighted by atomic mass is 19.1. The quantitative estimate of drug-likeness (QED) is 0.792. The first kappa shape index (κ1) is 17.5. The molecule has 1 aliphatic heterocycles. The summed E-state index contributed by atoms with van der Waals surface area (Å²) in [4.78, 5) is 26.3. The van der Waals surface area contributed by atoms with Gasteiger partial charge in [-0.2, -0.15) is 0 Å². The summed E-state index contributed by atoms with van der Waals surface area (Å²) < 4.78 is 23.9. The molecule has 1 aliphatic rings. The number of benzene rings is 1. The van der Waals surface area contributed by atoms with Gasteiger partial charge in [-0.05, 0) is 38.0 Å². The van der Waals surface area contributed by atoms with Gasteiger partial charge in [-0.25, -0.2) is 9.18 Å². The fourth-order valence-corrected chi connectivity index (χ4v) is 3.17. The molecular weight excluding hydrogens is 325 g/mol. The predicted octanol–water partition coefficient (Wildman–Crippen LogP) is 3.83. The van der Waals surface area contributed by atoms with Crippen LogP contribution in [0.1, 0.15) is 48.2 Å². The smallest absolute Gasteiger partial charge is 0.375 e. The van der Waals surface area contributed by atoms with Crippen molar-refractivity contribution >= 4 is 22.8 Å². The Morgan fingerprint density at radius 2 is 1.84 bits per heavy atom. The maximum Gasteiger partial charge on any atom is 0.375 e. The summed E-state index contributed by atoms with van der Waals surface area (Å²) in [6.07, 6.45) is 5.42. The molecule has 1 saturated heterocycles. The molecule has 134 valence electrons. The summed E-state index contributed by atoms with van der Waals surface area (Å²) in [6.45, 7) is 2.78. The van der Waals surface area contributed by atoms with Gasteiger partial charge >= 0.3 is 5.97 Å². The van der Waals surface area contributed by atoms with Gasteiger partial charge in [-0.3, -0.25) is 4.79 Å². The van der Waals surface area contributed by atoms with Gasteiger partial charge in [-0.1, -0.05) is 19.3 Å². The van der Waals surface area contributed by atoms with Crippen LogP contribution in [-0.2, 0) is 9.53 Å². The maximum absolute atomic E-state index is 13.3. The molecule has 6 heteroatoms. The zero-order valence-corrected chi connectivity index (χ0v) is 14.3. The number of ether oxygens (including phenoxy) is 1. The van der Waals surface area contributed by atoms with E-state index in [1.807, 2.05) is 0 Å². The molecule has 0 unspecified atom stereocenters. The Hall–Kier alpha value is -2.37. The normalized spacial score (nSPS) is 15.7. The summed E-state index contributed by atoms with van der Waals surface area (Å²) in [6, 6.07) is 4.06. The van der Waals surface area contributed by atoms with Crippen molar-refractivity contribution in [2.45, 2.75) is 39.0 Å². The van der Waals surface area contributed by atoms with Crippen LogP contribution in [0.2, 0.25) is 0 Å². The van der Waals surface area contributed by atoms with Crippen molar-refractivity contribution in [2.75, 3.05) is 19.7 Å². The third-order valence-corrected chi connectivity index (χ3v) is 4.62. The molecule has 2 heterocycles. The lowest BCUT2D eigenvalue weighted by Gasteiger charge is -2.24. The molecule has 0 aliphatic carbocycles. The summed E-state index contributed by atoms with van der Waals surface area (Å²) in [5, 5.41) is 0.530. The first-order chi connectivity index (χ1) is 12.1. The van der Waals surface area contributed by atoms with Gasteiger partial charge in [0.15, 0.2) is 6.61 Å². The number of hydrogen-bond acceptors (Lipinski definition) is 4. The van der Waals surface area contributed by atoms with Crippen LogP contribution in [0.25, 0.3) is 11.0 Å². The van der Waals surface area contributed by atoms with Crippen LogP contribution in [0.4, 0.5) is 4.39 Å². The number of amides is 1. The van der Waals surface area contributed by atoms with E-state index in [1.54, 1.807) is 11.8 Å². The van der Waals surface area contributed by atoms with Crippen LogP contribution in [0.15, 0.2) is 22.6 Å². The van der Waals surface area contributed by atoms with Gasteiger partial charge in [-0.15, -0.1) is 0 Å². The van der Waals surface area contributed by atoms with E-state index in [0.29, 0.717) is 29.6 Å². The Morgan fingerprint density at radius 3 is 2.56 bits per heavy atom. The van der Waals surface area contributed by atoms with Crippen molar-refractivity contribution in [1.82, 2.24) is 4.90 Å². The molecule has 0 spiro atoms. The largest absolute Gasteiger partial charge is 0.450 e. The highest BCUT2D eigenvalue weighted by molar-refractivity contribution is 5.96. The van der Waals surface area contributed by atoms with E-state index < -0.39 is 11.8 Å². The molecule has 0 bridgehead atoms. The molecule has 1 aromatic carbocycles. The van der Waals surface area contributed by atoms with E-state index in [0.717, 1.165) is 25.7 Å². The van der Waals surface area contributed by atoms with Crippen LogP contribution in [0, 0.1) is 12.7 Å². The third-order valence-electron chi connectivity index (χ3n) is 4.62. The molecule has 1 aromatic heterocycles. The number of rotatable bonds is 3. The fourth-order valence-electron chi connectivity index (χ4n) is 3.17. The van der Waals surface area contributed by atoms with Gasteiger partial charge in [0, 0.05) is 24.0 Å². The van der Waals surface area contributed by atoms with Gasteiger partial charge in [0.05, 0.1) is 0 Å². The van der Waals surface area contributed by atoms with Crippen LogP contribution in [0.5, 0.6) is 0 Å². The van der Waals surface area contributed by atoms with Gasteiger partial charge in [0.2, 0.25) is 5.76 Å². The lowest BCUT2D eigenvalue weighted by atomic mass is 10.1. The zero-order chi connectivity index (χ0) is 17.8. The first-order valence-electron chi connectivity index (χ1n) is 8.70. The number of halogens is 1. The van der Waals surface area contributed by atoms with Crippen molar-refractivity contribution in [1.29, 1.82) is 0 Å². The zero-order valence-electron chi connectivity index (χ0n) is 14.3. The second kappa shape index (κ2) is 7.68. The number of hydrogen-bond donors (Lipinski definition) is 0. The minimum absolute atomic E-state index is 0.0149. The molecule has 25 heavy (non-hydrogen) atoms. The number of furan rings is 1. The summed E-state index contributed by atoms with van der Waals surface area (Å²) in [5.41, 5.74) is 0.930. The molecule has 2 aromatic rings. The summed E-state index contributed by atoms with van der Waals surface area (Å²) in [7, 11) is 0. The average Bonchev–Trinajstić information content (AvgIpc) is 2.89. The number of likely N-dealkylation sites (tertiary alicyclic amines) is 1. The molecule has 0 N–H and O–H groups in total. The molecule has 1 amide bonds. The second-order valence-electron chi connectivity index (χ2n) is 6.42. The van der Waals surface area contributed by atoms with E-state index in [2.05, 4.69) is 0 Å². The van der Waals surface area contributed by atoms with Gasteiger partial charge < -0.3 is 14.1 Å². The Morgan fingerprint density at radius 1 is 1.16 bits per heavy atom. The van der Waals surface area contributed by atoms with E-state index in [1.165, 1.54) is 24.6 Å². The van der Waals surface area contributed by atoms with Crippen LogP contribution in [-0.4, -0.2) is 36.5 Å². The number of carbonyl (C=O) groups is 2. The van der Waals surface area contributed by atoms with Crippen LogP contribution < -0.4 is 0 Å². The lowest BCUT2D eigenvalue weighted by Crippen LogP contribution is -2.36. The summed E-state index contributed by atoms with van der Waals surface area (Å²) in [5.74, 6) is -1.27. The first-order valence-corrected chi connectivity index (χ1v) is 8.70. The van der Waals surface area contributed by atoms with E-state index in [-0.39, 0.29) is 18.3 Å². The maximum atomic E-state index is 13.3. The van der Waals surface area contributed by atoms with Crippen LogP contribution >= 0.6 is 0 Å². The molecule has 3 rings (SSSR count). The standard InChI is InChI=1S/C19H22FNO4/c1-13-15-11-14(20)7-8-16(15)25-18(13)19(23)24-12-17(22)21-9-5-3-2-4-6-10-21/h7-8,11H,2-6,9-10,12H2,1H3. The van der Waals surface area contributed by atoms with Crippen molar-refractivity contribution in [3.05, 3.63) is 35.3 Å². The highest BCUT2D eigenvalue weighted by Crippen LogP contribution is 2.26. The fraction of sp³-hybridized carbons (Fsp3) is 0.474. The predicted molar refractivity (Wildman–Crippen MR) is 90.9 cm³/mol. The molecule has 5 nitrogen and oxygen atoms in total.